The number of aryl methyl sites for hydroxylation is 1. The van der Waals surface area contributed by atoms with Crippen LogP contribution in [-0.4, -0.2) is 24.7 Å². The van der Waals surface area contributed by atoms with Crippen LogP contribution in [0.1, 0.15) is 68.2 Å². The molecule has 0 atom stereocenters. The summed E-state index contributed by atoms with van der Waals surface area (Å²) in [6.07, 6.45) is 5.85. The summed E-state index contributed by atoms with van der Waals surface area (Å²) in [4.78, 5) is 16.3. The van der Waals surface area contributed by atoms with Crippen LogP contribution < -0.4 is 4.74 Å². The standard InChI is InChI=1S/C30H35NO4/c1-20-26(31-29(35-20)22-12-15-23(16-13-22)30(2,3)4)18-19-34-27-11-7-9-24-21(8-6-10-25(24)27)14-17-28(32)33-5/h7-9,11-13,15-16H,6,10,14,17-19H2,1-5H3. The zero-order valence-electron chi connectivity index (χ0n) is 21.4. The molecule has 5 heteroatoms. The molecule has 0 bridgehead atoms. The minimum absolute atomic E-state index is 0.113. The summed E-state index contributed by atoms with van der Waals surface area (Å²) in [6, 6.07) is 14.6. The highest BCUT2D eigenvalue weighted by atomic mass is 16.5. The largest absolute Gasteiger partial charge is 0.493 e. The Labute approximate surface area is 208 Å². The third-order valence-corrected chi connectivity index (χ3v) is 6.58. The summed E-state index contributed by atoms with van der Waals surface area (Å²) in [6.45, 7) is 9.10. The van der Waals surface area contributed by atoms with Crippen molar-refractivity contribution in [3.8, 4) is 17.2 Å². The molecule has 2 aromatic carbocycles. The smallest absolute Gasteiger partial charge is 0.305 e. The van der Waals surface area contributed by atoms with Crippen molar-refractivity contribution < 1.29 is 18.7 Å². The molecule has 1 aliphatic carbocycles. The van der Waals surface area contributed by atoms with Gasteiger partial charge in [-0.3, -0.25) is 4.79 Å². The summed E-state index contributed by atoms with van der Waals surface area (Å²) in [7, 11) is 1.43. The fourth-order valence-corrected chi connectivity index (χ4v) is 4.49. The summed E-state index contributed by atoms with van der Waals surface area (Å²) >= 11 is 0. The van der Waals surface area contributed by atoms with Crippen molar-refractivity contribution in [2.45, 2.75) is 65.2 Å². The monoisotopic (exact) mass is 473 g/mol. The number of aromatic nitrogens is 1. The number of carbonyl (C=O) groups is 1. The highest BCUT2D eigenvalue weighted by Crippen LogP contribution is 2.35. The Hall–Kier alpha value is -3.34. The molecule has 0 aliphatic heterocycles. The van der Waals surface area contributed by atoms with Crippen molar-refractivity contribution in [3.63, 3.8) is 0 Å². The maximum absolute atomic E-state index is 11.6. The Bertz CT molecular complexity index is 1210. The van der Waals surface area contributed by atoms with Gasteiger partial charge in [0.1, 0.15) is 11.5 Å². The molecule has 35 heavy (non-hydrogen) atoms. The van der Waals surface area contributed by atoms with Gasteiger partial charge in [0, 0.05) is 24.0 Å². The van der Waals surface area contributed by atoms with Gasteiger partial charge in [-0.25, -0.2) is 4.98 Å². The van der Waals surface area contributed by atoms with Gasteiger partial charge in [0.25, 0.3) is 0 Å². The van der Waals surface area contributed by atoms with E-state index in [0.29, 0.717) is 31.8 Å². The van der Waals surface area contributed by atoms with E-state index >= 15 is 0 Å². The van der Waals surface area contributed by atoms with Crippen molar-refractivity contribution >= 4 is 11.5 Å². The highest BCUT2D eigenvalue weighted by molar-refractivity contribution is 5.77. The first-order valence-electron chi connectivity index (χ1n) is 12.3. The van der Waals surface area contributed by atoms with Crippen LogP contribution in [-0.2, 0) is 27.8 Å². The second-order valence-electron chi connectivity index (χ2n) is 10.1. The van der Waals surface area contributed by atoms with Gasteiger partial charge in [0.2, 0.25) is 5.89 Å². The number of oxazole rings is 1. The topological polar surface area (TPSA) is 61.6 Å². The van der Waals surface area contributed by atoms with Crippen molar-refractivity contribution in [1.82, 2.24) is 4.98 Å². The van der Waals surface area contributed by atoms with Crippen molar-refractivity contribution in [3.05, 3.63) is 76.7 Å². The summed E-state index contributed by atoms with van der Waals surface area (Å²) in [5, 5.41) is 0. The van der Waals surface area contributed by atoms with E-state index < -0.39 is 0 Å². The van der Waals surface area contributed by atoms with Crippen LogP contribution in [0.15, 0.2) is 53.0 Å². The van der Waals surface area contributed by atoms with Crippen LogP contribution in [0.4, 0.5) is 0 Å². The molecule has 0 saturated heterocycles. The average Bonchev–Trinajstić information content (AvgIpc) is 3.22. The first kappa shape index (κ1) is 24.8. The number of ether oxygens (including phenoxy) is 2. The molecule has 0 unspecified atom stereocenters. The summed E-state index contributed by atoms with van der Waals surface area (Å²) in [5.74, 6) is 2.20. The molecule has 3 aromatic rings. The molecule has 5 nitrogen and oxygen atoms in total. The maximum atomic E-state index is 11.6. The molecular formula is C30H35NO4. The third-order valence-electron chi connectivity index (χ3n) is 6.58. The molecule has 1 heterocycles. The van der Waals surface area contributed by atoms with Gasteiger partial charge in [0.15, 0.2) is 0 Å². The number of methoxy groups -OCH3 is 1. The van der Waals surface area contributed by atoms with E-state index in [-0.39, 0.29) is 11.4 Å². The Morgan fingerprint density at radius 3 is 2.57 bits per heavy atom. The number of allylic oxidation sites excluding steroid dienone is 2. The van der Waals surface area contributed by atoms with Gasteiger partial charge in [-0.15, -0.1) is 0 Å². The van der Waals surface area contributed by atoms with E-state index in [1.807, 2.05) is 19.1 Å². The molecule has 184 valence electrons. The molecule has 0 fully saturated rings. The fourth-order valence-electron chi connectivity index (χ4n) is 4.49. The lowest BCUT2D eigenvalue weighted by molar-refractivity contribution is -0.140. The minimum Gasteiger partial charge on any atom is -0.493 e. The van der Waals surface area contributed by atoms with Gasteiger partial charge in [-0.05, 0) is 66.5 Å². The quantitative estimate of drug-likeness (QED) is 0.335. The van der Waals surface area contributed by atoms with Crippen molar-refractivity contribution in [1.29, 1.82) is 0 Å². The fraction of sp³-hybridized carbons (Fsp3) is 0.400. The van der Waals surface area contributed by atoms with Crippen LogP contribution in [0.2, 0.25) is 0 Å². The van der Waals surface area contributed by atoms with E-state index in [2.05, 4.69) is 57.2 Å². The predicted octanol–water partition coefficient (Wildman–Crippen LogP) is 6.85. The van der Waals surface area contributed by atoms with E-state index in [9.17, 15) is 4.79 Å². The summed E-state index contributed by atoms with van der Waals surface area (Å²) < 4.78 is 17.0. The first-order valence-corrected chi connectivity index (χ1v) is 12.3. The van der Waals surface area contributed by atoms with Crippen molar-refractivity contribution in [2.24, 2.45) is 0 Å². The van der Waals surface area contributed by atoms with E-state index in [4.69, 9.17) is 18.9 Å². The van der Waals surface area contributed by atoms with E-state index in [0.717, 1.165) is 35.6 Å². The Balaban J connectivity index is 1.41. The van der Waals surface area contributed by atoms with Gasteiger partial charge in [0.05, 0.1) is 19.4 Å². The third kappa shape index (κ3) is 5.84. The lowest BCUT2D eigenvalue weighted by Crippen LogP contribution is -2.10. The average molecular weight is 474 g/mol. The normalized spacial score (nSPS) is 13.2. The number of nitrogens with zero attached hydrogens (tertiary/aromatic N) is 1. The Morgan fingerprint density at radius 2 is 1.86 bits per heavy atom. The molecule has 0 spiro atoms. The van der Waals surface area contributed by atoms with E-state index in [1.165, 1.54) is 29.4 Å². The lowest BCUT2D eigenvalue weighted by atomic mass is 9.87. The number of hydrogen-bond acceptors (Lipinski definition) is 5. The second-order valence-corrected chi connectivity index (χ2v) is 10.1. The molecule has 0 amide bonds. The second kappa shape index (κ2) is 10.5. The van der Waals surface area contributed by atoms with Crippen LogP contribution >= 0.6 is 0 Å². The molecule has 1 aromatic heterocycles. The molecule has 0 radical (unpaired) electrons. The van der Waals surface area contributed by atoms with Gasteiger partial charge in [-0.2, -0.15) is 0 Å². The Kier molecular flexibility index (Phi) is 7.44. The minimum atomic E-state index is -0.182. The Morgan fingerprint density at radius 1 is 1.09 bits per heavy atom. The predicted molar refractivity (Wildman–Crippen MR) is 139 cm³/mol. The molecule has 1 aliphatic rings. The molecule has 0 N–H and O–H groups in total. The van der Waals surface area contributed by atoms with Gasteiger partial charge >= 0.3 is 5.97 Å². The van der Waals surface area contributed by atoms with Crippen LogP contribution in [0.5, 0.6) is 5.75 Å². The van der Waals surface area contributed by atoms with Crippen LogP contribution in [0.3, 0.4) is 0 Å². The first-order chi connectivity index (χ1) is 16.8. The highest BCUT2D eigenvalue weighted by Gasteiger charge is 2.19. The summed E-state index contributed by atoms with van der Waals surface area (Å²) in [5.41, 5.74) is 6.88. The number of benzene rings is 2. The van der Waals surface area contributed by atoms with Crippen LogP contribution in [0, 0.1) is 6.92 Å². The van der Waals surface area contributed by atoms with E-state index in [1.54, 1.807) is 0 Å². The molecular weight excluding hydrogens is 438 g/mol. The number of rotatable bonds is 8. The van der Waals surface area contributed by atoms with Crippen molar-refractivity contribution in [2.75, 3.05) is 13.7 Å². The van der Waals surface area contributed by atoms with Gasteiger partial charge < -0.3 is 13.9 Å². The molecule has 0 saturated carbocycles. The zero-order chi connectivity index (χ0) is 25.0. The maximum Gasteiger partial charge on any atom is 0.305 e. The number of esters is 1. The number of fused-ring (bicyclic) bond motifs is 1. The zero-order valence-corrected chi connectivity index (χ0v) is 21.4. The van der Waals surface area contributed by atoms with Gasteiger partial charge in [-0.1, -0.05) is 51.1 Å². The number of carbonyl (C=O) groups excluding carboxylic acids is 1. The number of hydrogen-bond donors (Lipinski definition) is 0. The van der Waals surface area contributed by atoms with Crippen LogP contribution in [0.25, 0.3) is 17.0 Å². The molecule has 4 rings (SSSR count). The SMILES string of the molecule is COC(=O)CCC1=CCCc2c(OCCc3nc(-c4ccc(C(C)(C)C)cc4)oc3C)cccc21. The lowest BCUT2D eigenvalue weighted by Gasteiger charge is -2.21.